The molecule has 1 heterocycles. The highest BCUT2D eigenvalue weighted by molar-refractivity contribution is 5.36. The Hall–Kier alpha value is -2.10. The molecule has 0 aliphatic rings. The molecule has 0 radical (unpaired) electrons. The van der Waals surface area contributed by atoms with E-state index in [1.165, 1.54) is 0 Å². The molecule has 0 aliphatic heterocycles. The number of aromatic nitrogens is 3. The molecule has 98 valence electrons. The number of hydrogen-bond donors (Lipinski definition) is 1. The molecule has 0 aliphatic carbocycles. The molecular weight excluding hydrogens is 232 g/mol. The summed E-state index contributed by atoms with van der Waals surface area (Å²) >= 11 is 0. The molecule has 7 heteroatoms. The highest BCUT2D eigenvalue weighted by atomic mass is 16.5. The first-order chi connectivity index (χ1) is 8.60. The second kappa shape index (κ2) is 6.59. The largest absolute Gasteiger partial charge is 0.464 e. The van der Waals surface area contributed by atoms with Crippen molar-refractivity contribution in [2.75, 3.05) is 30.3 Å². The van der Waals surface area contributed by atoms with E-state index in [0.29, 0.717) is 25.6 Å². The van der Waals surface area contributed by atoms with Crippen LogP contribution in [-0.4, -0.2) is 34.6 Å². The average Bonchev–Trinajstić information content (AvgIpc) is 2.35. The van der Waals surface area contributed by atoms with Crippen molar-refractivity contribution in [2.45, 2.75) is 20.8 Å². The van der Waals surface area contributed by atoms with E-state index in [9.17, 15) is 0 Å². The number of nitrogen functional groups attached to an aromatic ring is 1. The molecule has 7 nitrogen and oxygen atoms in total. The molecule has 1 aromatic heterocycles. The van der Waals surface area contributed by atoms with Gasteiger partial charge in [-0.2, -0.15) is 20.2 Å². The number of rotatable bonds is 6. The minimum Gasteiger partial charge on any atom is -0.464 e. The van der Waals surface area contributed by atoms with Gasteiger partial charge in [0.05, 0.1) is 18.6 Å². The zero-order valence-corrected chi connectivity index (χ0v) is 10.9. The quantitative estimate of drug-likeness (QED) is 0.798. The van der Waals surface area contributed by atoms with Crippen LogP contribution in [0.1, 0.15) is 20.8 Å². The molecule has 1 unspecified atom stereocenters. The van der Waals surface area contributed by atoms with Crippen LogP contribution in [0.4, 0.5) is 11.9 Å². The third kappa shape index (κ3) is 3.73. The minimum absolute atomic E-state index is 0.113. The molecule has 0 aromatic carbocycles. The zero-order valence-electron chi connectivity index (χ0n) is 10.9. The van der Waals surface area contributed by atoms with Gasteiger partial charge in [-0.1, -0.05) is 0 Å². The van der Waals surface area contributed by atoms with E-state index < -0.39 is 0 Å². The number of hydrogen-bond acceptors (Lipinski definition) is 7. The number of nitrogens with two attached hydrogens (primary N) is 1. The van der Waals surface area contributed by atoms with Crippen molar-refractivity contribution in [1.29, 1.82) is 5.26 Å². The fourth-order valence-corrected chi connectivity index (χ4v) is 1.42. The van der Waals surface area contributed by atoms with Crippen LogP contribution in [0.5, 0.6) is 6.01 Å². The van der Waals surface area contributed by atoms with Crippen LogP contribution in [0.3, 0.4) is 0 Å². The van der Waals surface area contributed by atoms with Crippen LogP contribution in [0.15, 0.2) is 0 Å². The van der Waals surface area contributed by atoms with Gasteiger partial charge in [0, 0.05) is 13.1 Å². The second-order valence-electron chi connectivity index (χ2n) is 3.78. The molecule has 1 atom stereocenters. The normalized spacial score (nSPS) is 11.7. The van der Waals surface area contributed by atoms with E-state index in [-0.39, 0.29) is 17.9 Å². The SMILES string of the molecule is CCOc1nc(N)nc(N(CC)CC(C)C#N)n1. The lowest BCUT2D eigenvalue weighted by atomic mass is 10.2. The van der Waals surface area contributed by atoms with Gasteiger partial charge in [0.1, 0.15) is 0 Å². The van der Waals surface area contributed by atoms with Gasteiger partial charge in [-0.3, -0.25) is 0 Å². The van der Waals surface area contributed by atoms with Gasteiger partial charge in [0.25, 0.3) is 0 Å². The van der Waals surface area contributed by atoms with Crippen molar-refractivity contribution in [1.82, 2.24) is 15.0 Å². The second-order valence-corrected chi connectivity index (χ2v) is 3.78. The standard InChI is InChI=1S/C11H18N6O/c1-4-17(7-8(3)6-12)10-14-9(13)15-11(16-10)18-5-2/h8H,4-5,7H2,1-3H3,(H2,13,14,15,16). The molecule has 1 rings (SSSR count). The van der Waals surface area contributed by atoms with Crippen LogP contribution in [0.25, 0.3) is 0 Å². The average molecular weight is 250 g/mol. The Labute approximate surface area is 107 Å². The summed E-state index contributed by atoms with van der Waals surface area (Å²) in [4.78, 5) is 14.0. The van der Waals surface area contributed by atoms with Gasteiger partial charge in [-0.15, -0.1) is 0 Å². The predicted molar refractivity (Wildman–Crippen MR) is 68.1 cm³/mol. The Balaban J connectivity index is 2.94. The minimum atomic E-state index is -0.113. The van der Waals surface area contributed by atoms with Crippen molar-refractivity contribution in [3.8, 4) is 12.1 Å². The summed E-state index contributed by atoms with van der Waals surface area (Å²) in [6.45, 7) is 7.34. The lowest BCUT2D eigenvalue weighted by Crippen LogP contribution is -2.30. The topological polar surface area (TPSA) is 101 Å². The van der Waals surface area contributed by atoms with Gasteiger partial charge in [-0.05, 0) is 20.8 Å². The summed E-state index contributed by atoms with van der Waals surface area (Å²) in [5.41, 5.74) is 5.61. The van der Waals surface area contributed by atoms with Crippen LogP contribution >= 0.6 is 0 Å². The first kappa shape index (κ1) is 14.0. The van der Waals surface area contributed by atoms with Crippen molar-refractivity contribution in [3.05, 3.63) is 0 Å². The molecule has 0 spiro atoms. The summed E-state index contributed by atoms with van der Waals surface area (Å²) in [6, 6.07) is 2.39. The van der Waals surface area contributed by atoms with E-state index in [0.717, 1.165) is 0 Å². The van der Waals surface area contributed by atoms with E-state index in [4.69, 9.17) is 15.7 Å². The third-order valence-electron chi connectivity index (χ3n) is 2.27. The first-order valence-corrected chi connectivity index (χ1v) is 5.89. The predicted octanol–water partition coefficient (Wildman–Crippen LogP) is 0.838. The maximum atomic E-state index is 8.84. The van der Waals surface area contributed by atoms with Gasteiger partial charge >= 0.3 is 6.01 Å². The van der Waals surface area contributed by atoms with Crippen molar-refractivity contribution in [2.24, 2.45) is 5.92 Å². The van der Waals surface area contributed by atoms with Crippen molar-refractivity contribution < 1.29 is 4.74 Å². The number of anilines is 2. The number of nitrogens with zero attached hydrogens (tertiary/aromatic N) is 5. The van der Waals surface area contributed by atoms with Crippen LogP contribution in [-0.2, 0) is 0 Å². The van der Waals surface area contributed by atoms with Crippen LogP contribution in [0, 0.1) is 17.2 Å². The Morgan fingerprint density at radius 3 is 2.67 bits per heavy atom. The maximum absolute atomic E-state index is 8.84. The molecule has 0 bridgehead atoms. The van der Waals surface area contributed by atoms with Gasteiger partial charge in [-0.25, -0.2) is 0 Å². The Morgan fingerprint density at radius 2 is 2.11 bits per heavy atom. The Kier molecular flexibility index (Phi) is 5.11. The van der Waals surface area contributed by atoms with Crippen LogP contribution in [0.2, 0.25) is 0 Å². The van der Waals surface area contributed by atoms with E-state index in [1.54, 1.807) is 0 Å². The highest BCUT2D eigenvalue weighted by Gasteiger charge is 2.14. The molecule has 0 amide bonds. The van der Waals surface area contributed by atoms with Crippen molar-refractivity contribution in [3.63, 3.8) is 0 Å². The van der Waals surface area contributed by atoms with Crippen molar-refractivity contribution >= 4 is 11.9 Å². The van der Waals surface area contributed by atoms with Gasteiger partial charge in [0.2, 0.25) is 11.9 Å². The zero-order chi connectivity index (χ0) is 13.5. The van der Waals surface area contributed by atoms with Gasteiger partial charge < -0.3 is 15.4 Å². The summed E-state index contributed by atoms with van der Waals surface area (Å²) in [5.74, 6) is 0.445. The number of nitriles is 1. The lowest BCUT2D eigenvalue weighted by Gasteiger charge is -2.21. The smallest absolute Gasteiger partial charge is 0.323 e. The maximum Gasteiger partial charge on any atom is 0.323 e. The molecule has 0 saturated heterocycles. The summed E-state index contributed by atoms with van der Waals surface area (Å²) in [5, 5.41) is 8.84. The van der Waals surface area contributed by atoms with Gasteiger partial charge in [0.15, 0.2) is 0 Å². The fraction of sp³-hybridized carbons (Fsp3) is 0.636. The number of ether oxygens (including phenoxy) is 1. The lowest BCUT2D eigenvalue weighted by molar-refractivity contribution is 0.312. The third-order valence-corrected chi connectivity index (χ3v) is 2.27. The summed E-state index contributed by atoms with van der Waals surface area (Å²) in [7, 11) is 0. The summed E-state index contributed by atoms with van der Waals surface area (Å²) < 4.78 is 5.22. The first-order valence-electron chi connectivity index (χ1n) is 5.89. The fourth-order valence-electron chi connectivity index (χ4n) is 1.42. The molecule has 0 saturated carbocycles. The molecule has 0 fully saturated rings. The highest BCUT2D eigenvalue weighted by Crippen LogP contribution is 2.14. The monoisotopic (exact) mass is 250 g/mol. The molecule has 2 N–H and O–H groups in total. The van der Waals surface area contributed by atoms with E-state index in [2.05, 4.69) is 21.0 Å². The molecular formula is C11H18N6O. The van der Waals surface area contributed by atoms with Crippen LogP contribution < -0.4 is 15.4 Å². The molecule has 1 aromatic rings. The Morgan fingerprint density at radius 1 is 1.39 bits per heavy atom. The van der Waals surface area contributed by atoms with E-state index in [1.807, 2.05) is 25.7 Å². The Bertz CT molecular complexity index is 430. The molecule has 18 heavy (non-hydrogen) atoms. The summed E-state index contributed by atoms with van der Waals surface area (Å²) in [6.07, 6.45) is 0. The van der Waals surface area contributed by atoms with E-state index >= 15 is 0 Å².